The van der Waals surface area contributed by atoms with Gasteiger partial charge in [0.2, 0.25) is 0 Å². The van der Waals surface area contributed by atoms with Crippen molar-refractivity contribution in [2.45, 2.75) is 4.90 Å². The smallest absolute Gasteiger partial charge is 0.258 e. The third kappa shape index (κ3) is 2.52. The first-order chi connectivity index (χ1) is 7.16. The molecule has 1 aromatic rings. The van der Waals surface area contributed by atoms with Crippen LogP contribution in [0.1, 0.15) is 0 Å². The number of rotatable bonds is 2. The molecular weight excluding hydrogens is 324 g/mol. The maximum Gasteiger partial charge on any atom is 0.309 e. The summed E-state index contributed by atoms with van der Waals surface area (Å²) < 4.78 is 22.1. The van der Waals surface area contributed by atoms with Crippen LogP contribution in [0.4, 0.5) is 5.69 Å². The molecule has 0 bridgehead atoms. The molecule has 88 valence electrons. The largest absolute Gasteiger partial charge is 0.309 e. The molecule has 0 spiro atoms. The predicted octanol–water partition coefficient (Wildman–Crippen LogP) is 3.48. The maximum atomic E-state index is 11.0. The van der Waals surface area contributed by atoms with Crippen LogP contribution in [0.5, 0.6) is 0 Å². The van der Waals surface area contributed by atoms with Gasteiger partial charge in [0.05, 0.1) is 9.95 Å². The Morgan fingerprint density at radius 3 is 2.06 bits per heavy atom. The maximum absolute atomic E-state index is 11.0. The molecular formula is C6HCl4NO4S. The first kappa shape index (κ1) is 13.8. The highest BCUT2D eigenvalue weighted by atomic mass is 35.7. The summed E-state index contributed by atoms with van der Waals surface area (Å²) in [6.07, 6.45) is 0. The fraction of sp³-hybridized carbons (Fsp3) is 0. The van der Waals surface area contributed by atoms with E-state index in [4.69, 9.17) is 45.5 Å². The monoisotopic (exact) mass is 323 g/mol. The predicted molar refractivity (Wildman–Crippen MR) is 61.2 cm³/mol. The average molecular weight is 325 g/mol. The highest BCUT2D eigenvalue weighted by Crippen LogP contribution is 2.42. The van der Waals surface area contributed by atoms with E-state index in [0.29, 0.717) is 0 Å². The Balaban J connectivity index is 3.78. The highest BCUT2D eigenvalue weighted by molar-refractivity contribution is 8.13. The Kier molecular flexibility index (Phi) is 3.91. The van der Waals surface area contributed by atoms with E-state index < -0.39 is 34.6 Å². The van der Waals surface area contributed by atoms with E-state index in [9.17, 15) is 18.5 Å². The normalized spacial score (nSPS) is 11.5. The summed E-state index contributed by atoms with van der Waals surface area (Å²) in [6, 6.07) is 0.849. The Morgan fingerprint density at radius 2 is 1.69 bits per heavy atom. The van der Waals surface area contributed by atoms with Crippen molar-refractivity contribution in [2.24, 2.45) is 0 Å². The van der Waals surface area contributed by atoms with Crippen molar-refractivity contribution in [1.29, 1.82) is 0 Å². The van der Waals surface area contributed by atoms with E-state index in [-0.39, 0.29) is 5.02 Å². The second-order valence-corrected chi connectivity index (χ2v) is 6.23. The Hall–Kier alpha value is -0.270. The number of hydrogen-bond acceptors (Lipinski definition) is 4. The first-order valence-corrected chi connectivity index (χ1v) is 6.87. The molecule has 1 rings (SSSR count). The minimum Gasteiger partial charge on any atom is -0.258 e. The molecule has 0 unspecified atom stereocenters. The Labute approximate surface area is 109 Å². The molecule has 5 nitrogen and oxygen atoms in total. The SMILES string of the molecule is O=[N+]([O-])c1c(Cl)c(Cl)cc(S(=O)(=O)Cl)c1Cl. The van der Waals surface area contributed by atoms with E-state index in [1.54, 1.807) is 0 Å². The molecule has 0 atom stereocenters. The van der Waals surface area contributed by atoms with E-state index in [0.717, 1.165) is 6.07 Å². The quantitative estimate of drug-likeness (QED) is 0.361. The van der Waals surface area contributed by atoms with E-state index in [2.05, 4.69) is 0 Å². The van der Waals surface area contributed by atoms with Gasteiger partial charge in [-0.05, 0) is 6.07 Å². The van der Waals surface area contributed by atoms with Crippen LogP contribution in [0.15, 0.2) is 11.0 Å². The third-order valence-electron chi connectivity index (χ3n) is 1.54. The van der Waals surface area contributed by atoms with Crippen molar-refractivity contribution >= 4 is 60.2 Å². The summed E-state index contributed by atoms with van der Waals surface area (Å²) in [5.41, 5.74) is -0.796. The standard InChI is InChI=1S/C6HCl4NO4S/c7-2-1-3(16(10,14)15)5(9)6(4(2)8)11(12)13/h1H. The van der Waals surface area contributed by atoms with Gasteiger partial charge in [0.25, 0.3) is 9.05 Å². The van der Waals surface area contributed by atoms with Gasteiger partial charge in [0, 0.05) is 10.7 Å². The highest BCUT2D eigenvalue weighted by Gasteiger charge is 2.29. The Bertz CT molecular complexity index is 570. The molecule has 0 aromatic heterocycles. The van der Waals surface area contributed by atoms with Crippen LogP contribution >= 0.6 is 45.5 Å². The molecule has 0 aliphatic heterocycles. The van der Waals surface area contributed by atoms with E-state index in [1.807, 2.05) is 0 Å². The van der Waals surface area contributed by atoms with Gasteiger partial charge in [-0.1, -0.05) is 34.8 Å². The van der Waals surface area contributed by atoms with Gasteiger partial charge < -0.3 is 0 Å². The number of hydrogen-bond donors (Lipinski definition) is 0. The van der Waals surface area contributed by atoms with Crippen LogP contribution in [0, 0.1) is 10.1 Å². The topological polar surface area (TPSA) is 77.3 Å². The van der Waals surface area contributed by atoms with Crippen LogP contribution in [0.3, 0.4) is 0 Å². The Morgan fingerprint density at radius 1 is 1.19 bits per heavy atom. The molecule has 10 heteroatoms. The van der Waals surface area contributed by atoms with Gasteiger partial charge in [-0.3, -0.25) is 10.1 Å². The van der Waals surface area contributed by atoms with Crippen LogP contribution in [-0.4, -0.2) is 13.3 Å². The number of nitro benzene ring substituents is 1. The summed E-state index contributed by atoms with van der Waals surface area (Å²) in [6.45, 7) is 0. The summed E-state index contributed by atoms with van der Waals surface area (Å²) in [5, 5.41) is 9.18. The van der Waals surface area contributed by atoms with Gasteiger partial charge in [-0.25, -0.2) is 8.42 Å². The number of nitrogens with zero attached hydrogens (tertiary/aromatic N) is 1. The molecule has 0 amide bonds. The van der Waals surface area contributed by atoms with Crippen LogP contribution in [0.2, 0.25) is 15.1 Å². The zero-order chi connectivity index (χ0) is 12.7. The summed E-state index contributed by atoms with van der Waals surface area (Å²) in [4.78, 5) is 9.02. The van der Waals surface area contributed by atoms with Gasteiger partial charge in [-0.2, -0.15) is 0 Å². The minimum atomic E-state index is -4.24. The summed E-state index contributed by atoms with van der Waals surface area (Å²) in [7, 11) is 0.792. The van der Waals surface area contributed by atoms with Gasteiger partial charge in [0.1, 0.15) is 14.9 Å². The van der Waals surface area contributed by atoms with E-state index in [1.165, 1.54) is 0 Å². The lowest BCUT2D eigenvalue weighted by Gasteiger charge is -2.04. The lowest BCUT2D eigenvalue weighted by molar-refractivity contribution is -0.384. The zero-order valence-electron chi connectivity index (χ0n) is 7.08. The van der Waals surface area contributed by atoms with Gasteiger partial charge in [0.15, 0.2) is 0 Å². The summed E-state index contributed by atoms with van der Waals surface area (Å²) >= 11 is 16.6. The molecule has 0 aliphatic carbocycles. The molecule has 0 radical (unpaired) electrons. The van der Waals surface area contributed by atoms with Crippen molar-refractivity contribution in [3.8, 4) is 0 Å². The van der Waals surface area contributed by atoms with Crippen molar-refractivity contribution in [2.75, 3.05) is 0 Å². The van der Waals surface area contributed by atoms with Crippen molar-refractivity contribution in [3.63, 3.8) is 0 Å². The molecule has 0 aliphatic rings. The van der Waals surface area contributed by atoms with Gasteiger partial charge >= 0.3 is 5.69 Å². The van der Waals surface area contributed by atoms with Crippen molar-refractivity contribution in [3.05, 3.63) is 31.2 Å². The average Bonchev–Trinajstić information content (AvgIpc) is 2.09. The second kappa shape index (κ2) is 4.54. The molecule has 0 saturated carbocycles. The van der Waals surface area contributed by atoms with Crippen LogP contribution in [0.25, 0.3) is 0 Å². The number of nitro groups is 1. The molecule has 1 aromatic carbocycles. The van der Waals surface area contributed by atoms with Gasteiger partial charge in [-0.15, -0.1) is 0 Å². The zero-order valence-corrected chi connectivity index (χ0v) is 10.9. The minimum absolute atomic E-state index is 0.322. The van der Waals surface area contributed by atoms with E-state index >= 15 is 0 Å². The fourth-order valence-corrected chi connectivity index (χ4v) is 3.01. The molecule has 0 heterocycles. The fourth-order valence-electron chi connectivity index (χ4n) is 0.906. The lowest BCUT2D eigenvalue weighted by Crippen LogP contribution is -1.98. The molecule has 0 N–H and O–H groups in total. The summed E-state index contributed by atoms with van der Waals surface area (Å²) in [5.74, 6) is 0. The van der Waals surface area contributed by atoms with Crippen LogP contribution < -0.4 is 0 Å². The number of halogens is 4. The molecule has 0 fully saturated rings. The molecule has 0 saturated heterocycles. The number of benzene rings is 1. The third-order valence-corrected chi connectivity index (χ3v) is 4.16. The first-order valence-electron chi connectivity index (χ1n) is 3.42. The van der Waals surface area contributed by atoms with Crippen molar-refractivity contribution < 1.29 is 13.3 Å². The van der Waals surface area contributed by atoms with Crippen LogP contribution in [-0.2, 0) is 9.05 Å². The second-order valence-electron chi connectivity index (χ2n) is 2.53. The molecule has 16 heavy (non-hydrogen) atoms. The van der Waals surface area contributed by atoms with Crippen molar-refractivity contribution in [1.82, 2.24) is 0 Å². The lowest BCUT2D eigenvalue weighted by atomic mass is 10.3.